The molecule has 2 bridgehead atoms. The molecule has 0 aliphatic carbocycles. The van der Waals surface area contributed by atoms with E-state index in [0.717, 1.165) is 37.2 Å². The van der Waals surface area contributed by atoms with Gasteiger partial charge in [0.15, 0.2) is 0 Å². The van der Waals surface area contributed by atoms with E-state index in [2.05, 4.69) is 42.8 Å². The van der Waals surface area contributed by atoms with Crippen LogP contribution in [-0.4, -0.2) is 47.8 Å². The molecular formula is C25H40N2O2. The molecule has 162 valence electrons. The summed E-state index contributed by atoms with van der Waals surface area (Å²) in [7, 11) is 1.72. The van der Waals surface area contributed by atoms with Crippen LogP contribution in [0.4, 0.5) is 0 Å². The first-order chi connectivity index (χ1) is 14.0. The predicted molar refractivity (Wildman–Crippen MR) is 122 cm³/mol. The first-order valence-electron chi connectivity index (χ1n) is 11.6. The standard InChI is InChI=1S/C23H34N2O2.C2H6/c1-5-6-15(2)17-12-23(14-26)16(3)25(13-17)10-9-19-20-11-18(27-4)7-8-21(20)24-22(19)23;1-2/h7-8,11,15-17,24,26H,5-6,9-10,12-14H2,1-4H3;1-2H3. The van der Waals surface area contributed by atoms with E-state index < -0.39 is 0 Å². The Morgan fingerprint density at radius 1 is 1.34 bits per heavy atom. The molecule has 29 heavy (non-hydrogen) atoms. The minimum Gasteiger partial charge on any atom is -0.497 e. The number of aromatic nitrogens is 1. The quantitative estimate of drug-likeness (QED) is 0.731. The molecule has 2 aliphatic heterocycles. The molecular weight excluding hydrogens is 360 g/mol. The Balaban J connectivity index is 0.00000117. The van der Waals surface area contributed by atoms with Gasteiger partial charge in [0, 0.05) is 41.1 Å². The molecule has 0 saturated carbocycles. The number of piperidine rings is 1. The average molecular weight is 401 g/mol. The highest BCUT2D eigenvalue weighted by atomic mass is 16.5. The average Bonchev–Trinajstić information content (AvgIpc) is 3.10. The molecule has 0 spiro atoms. The van der Waals surface area contributed by atoms with E-state index in [1.807, 2.05) is 19.9 Å². The number of hydrogen-bond donors (Lipinski definition) is 2. The fraction of sp³-hybridized carbons (Fsp3) is 0.680. The van der Waals surface area contributed by atoms with Crippen LogP contribution in [0, 0.1) is 11.8 Å². The smallest absolute Gasteiger partial charge is 0.119 e. The molecule has 1 aromatic heterocycles. The summed E-state index contributed by atoms with van der Waals surface area (Å²) >= 11 is 0. The van der Waals surface area contributed by atoms with Gasteiger partial charge < -0.3 is 14.8 Å². The lowest BCUT2D eigenvalue weighted by Gasteiger charge is -2.51. The second kappa shape index (κ2) is 9.09. The van der Waals surface area contributed by atoms with E-state index in [1.165, 1.54) is 29.5 Å². The lowest BCUT2D eigenvalue weighted by molar-refractivity contribution is -0.00408. The van der Waals surface area contributed by atoms with Crippen LogP contribution in [0.1, 0.15) is 65.1 Å². The molecule has 5 unspecified atom stereocenters. The molecule has 1 aromatic carbocycles. The van der Waals surface area contributed by atoms with Crippen molar-refractivity contribution in [1.82, 2.24) is 9.88 Å². The van der Waals surface area contributed by atoms with Gasteiger partial charge in [0.05, 0.1) is 13.7 Å². The first-order valence-corrected chi connectivity index (χ1v) is 11.6. The Morgan fingerprint density at radius 3 is 2.76 bits per heavy atom. The van der Waals surface area contributed by atoms with Crippen LogP contribution in [0.15, 0.2) is 18.2 Å². The number of nitrogens with one attached hydrogen (secondary N) is 1. The van der Waals surface area contributed by atoms with E-state index in [1.54, 1.807) is 7.11 Å². The fourth-order valence-electron chi connectivity index (χ4n) is 5.75. The van der Waals surface area contributed by atoms with Crippen molar-refractivity contribution in [3.8, 4) is 5.75 Å². The van der Waals surface area contributed by atoms with Gasteiger partial charge in [-0.3, -0.25) is 4.90 Å². The number of methoxy groups -OCH3 is 1. The van der Waals surface area contributed by atoms with Gasteiger partial charge in [-0.05, 0) is 55.4 Å². The summed E-state index contributed by atoms with van der Waals surface area (Å²) in [6.45, 7) is 13.4. The Morgan fingerprint density at radius 2 is 2.10 bits per heavy atom. The number of aliphatic hydroxyl groups is 1. The van der Waals surface area contributed by atoms with Gasteiger partial charge >= 0.3 is 0 Å². The van der Waals surface area contributed by atoms with Crippen molar-refractivity contribution in [3.05, 3.63) is 29.5 Å². The van der Waals surface area contributed by atoms with Gasteiger partial charge in [0.25, 0.3) is 0 Å². The number of aromatic amines is 1. The van der Waals surface area contributed by atoms with Crippen LogP contribution < -0.4 is 4.74 Å². The lowest BCUT2D eigenvalue weighted by Crippen LogP contribution is -2.58. The molecule has 0 amide bonds. The van der Waals surface area contributed by atoms with Crippen molar-refractivity contribution in [2.45, 2.75) is 71.8 Å². The number of aliphatic hydroxyl groups excluding tert-OH is 1. The Bertz CT molecular complexity index is 815. The second-order valence-corrected chi connectivity index (χ2v) is 8.86. The summed E-state index contributed by atoms with van der Waals surface area (Å²) in [4.78, 5) is 6.37. The van der Waals surface area contributed by atoms with Gasteiger partial charge in [-0.2, -0.15) is 0 Å². The van der Waals surface area contributed by atoms with E-state index in [0.29, 0.717) is 17.9 Å². The number of fused-ring (bicyclic) bond motifs is 6. The highest BCUT2D eigenvalue weighted by Crippen LogP contribution is 2.48. The van der Waals surface area contributed by atoms with Gasteiger partial charge in [-0.25, -0.2) is 0 Å². The number of benzene rings is 1. The van der Waals surface area contributed by atoms with E-state index in [-0.39, 0.29) is 12.0 Å². The number of H-pyrrole nitrogens is 1. The molecule has 2 N–H and O–H groups in total. The monoisotopic (exact) mass is 400 g/mol. The van der Waals surface area contributed by atoms with Gasteiger partial charge in [-0.15, -0.1) is 0 Å². The van der Waals surface area contributed by atoms with Crippen molar-refractivity contribution >= 4 is 10.9 Å². The molecule has 2 aromatic rings. The van der Waals surface area contributed by atoms with E-state index in [4.69, 9.17) is 4.74 Å². The topological polar surface area (TPSA) is 48.5 Å². The summed E-state index contributed by atoms with van der Waals surface area (Å²) in [5.74, 6) is 2.24. The van der Waals surface area contributed by atoms with E-state index in [9.17, 15) is 5.11 Å². The molecule has 3 heterocycles. The van der Waals surface area contributed by atoms with Crippen molar-refractivity contribution in [2.24, 2.45) is 11.8 Å². The zero-order chi connectivity index (χ0) is 21.2. The molecule has 4 rings (SSSR count). The number of rotatable bonds is 5. The highest BCUT2D eigenvalue weighted by Gasteiger charge is 2.50. The molecule has 4 nitrogen and oxygen atoms in total. The number of nitrogens with zero attached hydrogens (tertiary/aromatic N) is 1. The summed E-state index contributed by atoms with van der Waals surface area (Å²) in [6.07, 6.45) is 4.60. The van der Waals surface area contributed by atoms with Crippen molar-refractivity contribution < 1.29 is 9.84 Å². The number of hydrogen-bond acceptors (Lipinski definition) is 3. The third-order valence-corrected chi connectivity index (χ3v) is 7.53. The van der Waals surface area contributed by atoms with Crippen LogP contribution >= 0.6 is 0 Å². The van der Waals surface area contributed by atoms with Gasteiger partial charge in [0.2, 0.25) is 0 Å². The third kappa shape index (κ3) is 3.70. The molecule has 2 aliphatic rings. The molecule has 4 heteroatoms. The zero-order valence-electron chi connectivity index (χ0n) is 19.2. The van der Waals surface area contributed by atoms with Gasteiger partial charge in [-0.1, -0.05) is 40.5 Å². The lowest BCUT2D eigenvalue weighted by atomic mass is 9.65. The molecule has 5 atom stereocenters. The minimum absolute atomic E-state index is 0.205. The summed E-state index contributed by atoms with van der Waals surface area (Å²) in [6, 6.07) is 6.65. The Kier molecular flexibility index (Phi) is 6.95. The second-order valence-electron chi connectivity index (χ2n) is 8.86. The van der Waals surface area contributed by atoms with Crippen molar-refractivity contribution in [1.29, 1.82) is 0 Å². The number of ether oxygens (including phenoxy) is 1. The van der Waals surface area contributed by atoms with Crippen molar-refractivity contribution in [2.75, 3.05) is 26.8 Å². The van der Waals surface area contributed by atoms with Crippen LogP contribution in [0.3, 0.4) is 0 Å². The van der Waals surface area contributed by atoms with Crippen LogP contribution in [0.2, 0.25) is 0 Å². The zero-order valence-corrected chi connectivity index (χ0v) is 19.2. The SMILES string of the molecule is CC.CCCC(C)C1CN2CCc3c([nH]c4ccc(OC)cc34)C(CO)(C1)C2C. The molecule has 0 radical (unpaired) electrons. The normalized spacial score (nSPS) is 29.4. The Labute approximate surface area is 176 Å². The van der Waals surface area contributed by atoms with Crippen LogP contribution in [0.25, 0.3) is 10.9 Å². The predicted octanol–water partition coefficient (Wildman–Crippen LogP) is 5.14. The summed E-state index contributed by atoms with van der Waals surface area (Å²) in [5.41, 5.74) is 3.62. The largest absolute Gasteiger partial charge is 0.497 e. The molecule has 1 fully saturated rings. The molecule has 1 saturated heterocycles. The Hall–Kier alpha value is -1.52. The van der Waals surface area contributed by atoms with E-state index >= 15 is 0 Å². The van der Waals surface area contributed by atoms with Crippen molar-refractivity contribution in [3.63, 3.8) is 0 Å². The summed E-state index contributed by atoms with van der Waals surface area (Å²) < 4.78 is 5.47. The van der Waals surface area contributed by atoms with Crippen LogP contribution in [0.5, 0.6) is 5.75 Å². The maximum Gasteiger partial charge on any atom is 0.119 e. The minimum atomic E-state index is -0.205. The maximum atomic E-state index is 10.7. The van der Waals surface area contributed by atoms with Crippen LogP contribution in [-0.2, 0) is 11.8 Å². The third-order valence-electron chi connectivity index (χ3n) is 7.53. The maximum absolute atomic E-state index is 10.7. The highest BCUT2D eigenvalue weighted by molar-refractivity contribution is 5.86. The van der Waals surface area contributed by atoms with Gasteiger partial charge in [0.1, 0.15) is 5.75 Å². The first kappa shape index (κ1) is 22.2. The summed E-state index contributed by atoms with van der Waals surface area (Å²) in [5, 5.41) is 12.0. The fourth-order valence-corrected chi connectivity index (χ4v) is 5.75.